The molecule has 0 N–H and O–H groups in total. The average Bonchev–Trinajstić information content (AvgIpc) is 2.18. The molecular formula is C11H16O3. The van der Waals surface area contributed by atoms with Gasteiger partial charge in [0.2, 0.25) is 5.78 Å². The van der Waals surface area contributed by atoms with Crippen LogP contribution in [-0.4, -0.2) is 25.6 Å². The molecule has 3 heteroatoms. The Morgan fingerprint density at radius 2 is 2.00 bits per heavy atom. The second-order valence-corrected chi connectivity index (χ2v) is 3.62. The Morgan fingerprint density at radius 3 is 2.43 bits per heavy atom. The number of ether oxygens (including phenoxy) is 2. The second-order valence-electron chi connectivity index (χ2n) is 3.62. The normalized spacial score (nSPS) is 26.6. The number of methoxy groups -OCH3 is 2. The van der Waals surface area contributed by atoms with Gasteiger partial charge < -0.3 is 9.47 Å². The van der Waals surface area contributed by atoms with Crippen molar-refractivity contribution in [2.75, 3.05) is 14.2 Å². The number of hydrogen-bond donors (Lipinski definition) is 0. The lowest BCUT2D eigenvalue weighted by Crippen LogP contribution is -2.36. The minimum absolute atomic E-state index is 0.110. The van der Waals surface area contributed by atoms with Crippen LogP contribution in [0, 0.1) is 5.92 Å². The van der Waals surface area contributed by atoms with Crippen LogP contribution in [0.3, 0.4) is 0 Å². The molecule has 0 fully saturated rings. The van der Waals surface area contributed by atoms with Gasteiger partial charge in [0.1, 0.15) is 5.60 Å². The Hall–Kier alpha value is -1.09. The van der Waals surface area contributed by atoms with E-state index in [2.05, 4.69) is 0 Å². The molecule has 0 aromatic heterocycles. The molecule has 1 aliphatic carbocycles. The number of hydrogen-bond acceptors (Lipinski definition) is 3. The summed E-state index contributed by atoms with van der Waals surface area (Å²) < 4.78 is 10.4. The fraction of sp³-hybridized carbons (Fsp3) is 0.545. The molecule has 0 saturated carbocycles. The maximum atomic E-state index is 11.3. The van der Waals surface area contributed by atoms with Crippen molar-refractivity contribution < 1.29 is 14.3 Å². The average molecular weight is 196 g/mol. The maximum absolute atomic E-state index is 11.3. The molecule has 0 spiro atoms. The molecule has 0 heterocycles. The summed E-state index contributed by atoms with van der Waals surface area (Å²) in [6.07, 6.45) is 5.02. The molecule has 1 rings (SSSR count). The van der Waals surface area contributed by atoms with Crippen LogP contribution < -0.4 is 0 Å². The minimum atomic E-state index is -0.515. The monoisotopic (exact) mass is 196 g/mol. The molecule has 0 amide bonds. The van der Waals surface area contributed by atoms with E-state index < -0.39 is 5.60 Å². The summed E-state index contributed by atoms with van der Waals surface area (Å²) in [5.74, 6) is 0.492. The number of ketones is 1. The van der Waals surface area contributed by atoms with Crippen LogP contribution in [0.25, 0.3) is 0 Å². The highest BCUT2D eigenvalue weighted by atomic mass is 16.5. The van der Waals surface area contributed by atoms with E-state index in [-0.39, 0.29) is 11.7 Å². The smallest absolute Gasteiger partial charge is 0.219 e. The van der Waals surface area contributed by atoms with Crippen LogP contribution >= 0.6 is 0 Å². The highest BCUT2D eigenvalue weighted by Gasteiger charge is 2.33. The van der Waals surface area contributed by atoms with Crippen molar-refractivity contribution in [3.8, 4) is 0 Å². The van der Waals surface area contributed by atoms with Crippen molar-refractivity contribution in [3.63, 3.8) is 0 Å². The summed E-state index contributed by atoms with van der Waals surface area (Å²) in [4.78, 5) is 11.3. The van der Waals surface area contributed by atoms with E-state index in [1.54, 1.807) is 19.3 Å². The fourth-order valence-electron chi connectivity index (χ4n) is 1.49. The third-order valence-electron chi connectivity index (χ3n) is 2.57. The lowest BCUT2D eigenvalue weighted by atomic mass is 9.85. The van der Waals surface area contributed by atoms with Gasteiger partial charge in [-0.1, -0.05) is 13.8 Å². The SMILES string of the molecule is COC1=CC(OC)(C(C)C)C=CC1=O. The third kappa shape index (κ3) is 1.73. The number of carbonyl (C=O) groups is 1. The van der Waals surface area contributed by atoms with E-state index in [1.807, 2.05) is 13.8 Å². The summed E-state index contributed by atoms with van der Waals surface area (Å²) >= 11 is 0. The van der Waals surface area contributed by atoms with E-state index in [0.717, 1.165) is 0 Å². The fourth-order valence-corrected chi connectivity index (χ4v) is 1.49. The van der Waals surface area contributed by atoms with Crippen molar-refractivity contribution in [2.45, 2.75) is 19.4 Å². The first kappa shape index (κ1) is 11.0. The molecule has 0 aromatic carbocycles. The predicted molar refractivity (Wildman–Crippen MR) is 53.8 cm³/mol. The van der Waals surface area contributed by atoms with Gasteiger partial charge in [-0.15, -0.1) is 0 Å². The van der Waals surface area contributed by atoms with Crippen molar-refractivity contribution in [2.24, 2.45) is 5.92 Å². The van der Waals surface area contributed by atoms with Gasteiger partial charge in [0.15, 0.2) is 5.76 Å². The summed E-state index contributed by atoms with van der Waals surface area (Å²) in [5.41, 5.74) is -0.515. The topological polar surface area (TPSA) is 35.5 Å². The zero-order valence-corrected chi connectivity index (χ0v) is 9.03. The van der Waals surface area contributed by atoms with Gasteiger partial charge in [-0.25, -0.2) is 0 Å². The first-order valence-electron chi connectivity index (χ1n) is 4.61. The Morgan fingerprint density at radius 1 is 1.36 bits per heavy atom. The van der Waals surface area contributed by atoms with Crippen LogP contribution in [0.5, 0.6) is 0 Å². The van der Waals surface area contributed by atoms with Crippen LogP contribution in [0.2, 0.25) is 0 Å². The van der Waals surface area contributed by atoms with Crippen LogP contribution in [0.1, 0.15) is 13.8 Å². The second kappa shape index (κ2) is 3.96. The highest BCUT2D eigenvalue weighted by molar-refractivity contribution is 6.03. The van der Waals surface area contributed by atoms with Gasteiger partial charge in [-0.05, 0) is 24.1 Å². The Kier molecular flexibility index (Phi) is 3.11. The van der Waals surface area contributed by atoms with Gasteiger partial charge in [-0.2, -0.15) is 0 Å². The van der Waals surface area contributed by atoms with Gasteiger partial charge in [0.05, 0.1) is 7.11 Å². The van der Waals surface area contributed by atoms with Crippen molar-refractivity contribution in [1.29, 1.82) is 0 Å². The molecule has 78 valence electrons. The van der Waals surface area contributed by atoms with Gasteiger partial charge in [0, 0.05) is 7.11 Å². The molecule has 1 aliphatic rings. The molecular weight excluding hydrogens is 180 g/mol. The van der Waals surface area contributed by atoms with Gasteiger partial charge in [0.25, 0.3) is 0 Å². The largest absolute Gasteiger partial charge is 0.493 e. The molecule has 3 nitrogen and oxygen atoms in total. The van der Waals surface area contributed by atoms with E-state index in [4.69, 9.17) is 9.47 Å². The minimum Gasteiger partial charge on any atom is -0.493 e. The van der Waals surface area contributed by atoms with E-state index in [0.29, 0.717) is 5.76 Å². The summed E-state index contributed by atoms with van der Waals surface area (Å²) in [5, 5.41) is 0. The van der Waals surface area contributed by atoms with Crippen LogP contribution in [-0.2, 0) is 14.3 Å². The predicted octanol–water partition coefficient (Wildman–Crippen LogP) is 1.70. The maximum Gasteiger partial charge on any atom is 0.219 e. The van der Waals surface area contributed by atoms with Crippen LogP contribution in [0.15, 0.2) is 24.0 Å². The first-order chi connectivity index (χ1) is 6.55. The molecule has 0 bridgehead atoms. The molecule has 14 heavy (non-hydrogen) atoms. The van der Waals surface area contributed by atoms with Crippen LogP contribution in [0.4, 0.5) is 0 Å². The number of rotatable bonds is 3. The van der Waals surface area contributed by atoms with Crippen molar-refractivity contribution >= 4 is 5.78 Å². The van der Waals surface area contributed by atoms with Gasteiger partial charge >= 0.3 is 0 Å². The number of carbonyl (C=O) groups excluding carboxylic acids is 1. The molecule has 0 saturated heterocycles. The molecule has 0 aliphatic heterocycles. The van der Waals surface area contributed by atoms with E-state index in [9.17, 15) is 4.79 Å². The van der Waals surface area contributed by atoms with Gasteiger partial charge in [-0.3, -0.25) is 4.79 Å². The number of allylic oxidation sites excluding steroid dienone is 1. The summed E-state index contributed by atoms with van der Waals surface area (Å²) in [6, 6.07) is 0. The summed E-state index contributed by atoms with van der Waals surface area (Å²) in [7, 11) is 3.12. The van der Waals surface area contributed by atoms with Crippen molar-refractivity contribution in [1.82, 2.24) is 0 Å². The zero-order valence-electron chi connectivity index (χ0n) is 9.03. The lowest BCUT2D eigenvalue weighted by molar-refractivity contribution is -0.114. The molecule has 0 radical (unpaired) electrons. The molecule has 0 aromatic rings. The lowest BCUT2D eigenvalue weighted by Gasteiger charge is -2.32. The molecule has 1 atom stereocenters. The Balaban J connectivity index is 3.07. The Labute approximate surface area is 84.4 Å². The quantitative estimate of drug-likeness (QED) is 0.689. The van der Waals surface area contributed by atoms with Crippen molar-refractivity contribution in [3.05, 3.63) is 24.0 Å². The highest BCUT2D eigenvalue weighted by Crippen LogP contribution is 2.29. The summed E-state index contributed by atoms with van der Waals surface area (Å²) in [6.45, 7) is 4.07. The first-order valence-corrected chi connectivity index (χ1v) is 4.61. The third-order valence-corrected chi connectivity index (χ3v) is 2.57. The molecule has 1 unspecified atom stereocenters. The standard InChI is InChI=1S/C11H16O3/c1-8(2)11(14-4)6-5-9(12)10(7-11)13-3/h5-8H,1-4H3. The Bertz CT molecular complexity index is 289. The zero-order chi connectivity index (χ0) is 10.8. The van der Waals surface area contributed by atoms with E-state index >= 15 is 0 Å². The van der Waals surface area contributed by atoms with E-state index in [1.165, 1.54) is 13.2 Å².